The quantitative estimate of drug-likeness (QED) is 0.556. The van der Waals surface area contributed by atoms with E-state index in [4.69, 9.17) is 0 Å². The number of nitrogens with one attached hydrogen (secondary N) is 3. The minimum atomic E-state index is -0.218. The van der Waals surface area contributed by atoms with Crippen LogP contribution in [-0.2, 0) is 0 Å². The summed E-state index contributed by atoms with van der Waals surface area (Å²) in [6.07, 6.45) is 4.97. The number of fused-ring (bicyclic) bond motifs is 1. The Hall–Kier alpha value is -3.12. The van der Waals surface area contributed by atoms with Crippen molar-refractivity contribution in [1.29, 1.82) is 0 Å². The van der Waals surface area contributed by atoms with Gasteiger partial charge in [-0.05, 0) is 37.6 Å². The van der Waals surface area contributed by atoms with E-state index in [9.17, 15) is 9.59 Å². The summed E-state index contributed by atoms with van der Waals surface area (Å²) in [5.74, 6) is 0.114. The van der Waals surface area contributed by atoms with Gasteiger partial charge in [0.15, 0.2) is 5.78 Å². The number of Topliss-reactive ketones (excluding diaryl/α,β-unsaturated/α-hetero) is 1. The molecular weight excluding hydrogens is 364 g/mol. The largest absolute Gasteiger partial charge is 0.360 e. The maximum Gasteiger partial charge on any atom is 0.319 e. The smallest absolute Gasteiger partial charge is 0.319 e. The fourth-order valence-corrected chi connectivity index (χ4v) is 3.98. The van der Waals surface area contributed by atoms with Gasteiger partial charge in [0.05, 0.1) is 6.54 Å². The number of nitrogens with zero attached hydrogens (tertiary/aromatic N) is 1. The first-order chi connectivity index (χ1) is 14.2. The summed E-state index contributed by atoms with van der Waals surface area (Å²) in [6, 6.07) is 17.2. The number of amides is 2. The van der Waals surface area contributed by atoms with Gasteiger partial charge in [0.25, 0.3) is 0 Å². The Bertz CT molecular complexity index is 983. The first kappa shape index (κ1) is 19.2. The molecule has 2 aromatic carbocycles. The lowest BCUT2D eigenvalue weighted by atomic mass is 10.0. The number of benzene rings is 2. The lowest BCUT2D eigenvalue weighted by Crippen LogP contribution is -2.49. The Morgan fingerprint density at radius 2 is 1.83 bits per heavy atom. The fraction of sp³-hybridized carbons (Fsp3) is 0.304. The number of carbonyl (C=O) groups is 2. The zero-order valence-corrected chi connectivity index (χ0v) is 16.4. The predicted octanol–water partition coefficient (Wildman–Crippen LogP) is 4.03. The van der Waals surface area contributed by atoms with Crippen LogP contribution >= 0.6 is 0 Å². The van der Waals surface area contributed by atoms with E-state index >= 15 is 0 Å². The number of likely N-dealkylation sites (tertiary alicyclic amines) is 1. The third-order valence-electron chi connectivity index (χ3n) is 5.52. The summed E-state index contributed by atoms with van der Waals surface area (Å²) >= 11 is 0. The summed E-state index contributed by atoms with van der Waals surface area (Å²) in [5, 5.41) is 6.76. The van der Waals surface area contributed by atoms with Crippen molar-refractivity contribution < 1.29 is 9.59 Å². The van der Waals surface area contributed by atoms with Gasteiger partial charge >= 0.3 is 6.03 Å². The van der Waals surface area contributed by atoms with Gasteiger partial charge in [0.2, 0.25) is 0 Å². The van der Waals surface area contributed by atoms with Crippen LogP contribution in [0.15, 0.2) is 60.8 Å². The first-order valence-electron chi connectivity index (χ1n) is 10.1. The summed E-state index contributed by atoms with van der Waals surface area (Å²) in [5.41, 5.74) is 2.48. The van der Waals surface area contributed by atoms with Crippen molar-refractivity contribution in [3.05, 3.63) is 66.4 Å². The highest BCUT2D eigenvalue weighted by molar-refractivity contribution is 6.08. The van der Waals surface area contributed by atoms with Crippen LogP contribution in [0.1, 0.15) is 29.6 Å². The van der Waals surface area contributed by atoms with Crippen LogP contribution in [0.25, 0.3) is 10.9 Å². The molecule has 29 heavy (non-hydrogen) atoms. The monoisotopic (exact) mass is 390 g/mol. The molecule has 0 aliphatic carbocycles. The molecule has 0 radical (unpaired) electrons. The van der Waals surface area contributed by atoms with Crippen molar-refractivity contribution in [2.45, 2.75) is 25.3 Å². The molecule has 3 N–H and O–H groups in total. The van der Waals surface area contributed by atoms with E-state index < -0.39 is 0 Å². The van der Waals surface area contributed by atoms with Crippen molar-refractivity contribution in [2.75, 3.05) is 25.0 Å². The van der Waals surface area contributed by atoms with E-state index in [0.717, 1.165) is 48.0 Å². The van der Waals surface area contributed by atoms with E-state index in [0.29, 0.717) is 13.1 Å². The molecule has 1 aliphatic rings. The second-order valence-electron chi connectivity index (χ2n) is 7.49. The average molecular weight is 390 g/mol. The molecular formula is C23H26N4O2. The topological polar surface area (TPSA) is 77.2 Å². The molecule has 1 saturated heterocycles. The number of ketones is 1. The first-order valence-corrected chi connectivity index (χ1v) is 10.1. The molecule has 3 aromatic rings. The Kier molecular flexibility index (Phi) is 5.91. The highest BCUT2D eigenvalue weighted by Gasteiger charge is 2.26. The zero-order valence-electron chi connectivity index (χ0n) is 16.4. The Morgan fingerprint density at radius 3 is 2.69 bits per heavy atom. The number of aromatic nitrogens is 1. The molecule has 0 spiro atoms. The SMILES string of the molecule is O=C(NCC1CCCCN1CC(=O)c1c[nH]c2ccccc12)Nc1ccccc1. The van der Waals surface area contributed by atoms with E-state index in [1.54, 1.807) is 6.20 Å². The molecule has 0 bridgehead atoms. The maximum atomic E-state index is 13.0. The molecule has 2 amide bonds. The number of rotatable bonds is 6. The number of aromatic amines is 1. The number of piperidine rings is 1. The van der Waals surface area contributed by atoms with E-state index in [1.165, 1.54) is 0 Å². The molecule has 1 unspecified atom stereocenters. The lowest BCUT2D eigenvalue weighted by molar-refractivity contribution is 0.0847. The zero-order chi connectivity index (χ0) is 20.1. The summed E-state index contributed by atoms with van der Waals surface area (Å²) < 4.78 is 0. The molecule has 2 heterocycles. The second-order valence-corrected chi connectivity index (χ2v) is 7.49. The summed E-state index contributed by atoms with van der Waals surface area (Å²) in [4.78, 5) is 30.5. The van der Waals surface area contributed by atoms with Gasteiger partial charge in [0, 0.05) is 40.9 Å². The van der Waals surface area contributed by atoms with Crippen LogP contribution in [-0.4, -0.2) is 47.4 Å². The number of anilines is 1. The molecule has 4 rings (SSSR count). The molecule has 6 nitrogen and oxygen atoms in total. The number of carbonyl (C=O) groups excluding carboxylic acids is 2. The second kappa shape index (κ2) is 8.92. The van der Waals surface area contributed by atoms with Crippen LogP contribution in [0.4, 0.5) is 10.5 Å². The summed E-state index contributed by atoms with van der Waals surface area (Å²) in [7, 11) is 0. The van der Waals surface area contributed by atoms with E-state index in [-0.39, 0.29) is 17.9 Å². The Balaban J connectivity index is 1.36. The number of urea groups is 1. The van der Waals surface area contributed by atoms with Crippen LogP contribution in [0.5, 0.6) is 0 Å². The van der Waals surface area contributed by atoms with E-state index in [1.807, 2.05) is 54.6 Å². The van der Waals surface area contributed by atoms with Gasteiger partial charge in [-0.25, -0.2) is 4.79 Å². The van der Waals surface area contributed by atoms with Crippen LogP contribution in [0.2, 0.25) is 0 Å². The highest BCUT2D eigenvalue weighted by atomic mass is 16.2. The van der Waals surface area contributed by atoms with Crippen LogP contribution in [0, 0.1) is 0 Å². The minimum absolute atomic E-state index is 0.114. The van der Waals surface area contributed by atoms with Gasteiger partial charge in [-0.15, -0.1) is 0 Å². The molecule has 1 aromatic heterocycles. The van der Waals surface area contributed by atoms with Crippen molar-refractivity contribution in [2.24, 2.45) is 0 Å². The summed E-state index contributed by atoms with van der Waals surface area (Å²) in [6.45, 7) is 1.77. The number of H-pyrrole nitrogens is 1. The highest BCUT2D eigenvalue weighted by Crippen LogP contribution is 2.21. The number of para-hydroxylation sites is 2. The standard InChI is InChI=1S/C23H26N4O2/c28-22(20-15-24-21-12-5-4-11-19(20)21)16-27-13-7-6-10-18(27)14-25-23(29)26-17-8-2-1-3-9-17/h1-5,8-9,11-12,15,18,24H,6-7,10,13-14,16H2,(H2,25,26,29). The number of hydrogen-bond acceptors (Lipinski definition) is 3. The molecule has 0 saturated carbocycles. The third kappa shape index (κ3) is 4.66. The molecule has 6 heteroatoms. The van der Waals surface area contributed by atoms with Gasteiger partial charge in [-0.3, -0.25) is 9.69 Å². The van der Waals surface area contributed by atoms with E-state index in [2.05, 4.69) is 20.5 Å². The average Bonchev–Trinajstić information content (AvgIpc) is 3.18. The van der Waals surface area contributed by atoms with Crippen LogP contribution < -0.4 is 10.6 Å². The third-order valence-corrected chi connectivity index (χ3v) is 5.52. The van der Waals surface area contributed by atoms with Crippen LogP contribution in [0.3, 0.4) is 0 Å². The van der Waals surface area contributed by atoms with Crippen molar-refractivity contribution >= 4 is 28.4 Å². The maximum absolute atomic E-state index is 13.0. The van der Waals surface area contributed by atoms with Crippen molar-refractivity contribution in [3.8, 4) is 0 Å². The van der Waals surface area contributed by atoms with Gasteiger partial charge < -0.3 is 15.6 Å². The lowest BCUT2D eigenvalue weighted by Gasteiger charge is -2.35. The predicted molar refractivity (Wildman–Crippen MR) is 115 cm³/mol. The van der Waals surface area contributed by atoms with Crippen molar-refractivity contribution in [1.82, 2.24) is 15.2 Å². The normalized spacial score (nSPS) is 17.2. The minimum Gasteiger partial charge on any atom is -0.360 e. The van der Waals surface area contributed by atoms with Gasteiger partial charge in [-0.2, -0.15) is 0 Å². The molecule has 1 fully saturated rings. The number of hydrogen-bond donors (Lipinski definition) is 3. The van der Waals surface area contributed by atoms with Gasteiger partial charge in [0.1, 0.15) is 0 Å². The Labute approximate surface area is 170 Å². The molecule has 1 atom stereocenters. The van der Waals surface area contributed by atoms with Gasteiger partial charge in [-0.1, -0.05) is 42.8 Å². The Morgan fingerprint density at radius 1 is 1.03 bits per heavy atom. The molecule has 150 valence electrons. The van der Waals surface area contributed by atoms with Crippen molar-refractivity contribution in [3.63, 3.8) is 0 Å². The molecule has 1 aliphatic heterocycles. The fourth-order valence-electron chi connectivity index (χ4n) is 3.98.